The average molecular weight is 672 g/mol. The second kappa shape index (κ2) is 11.7. The molecule has 0 aliphatic carbocycles. The van der Waals surface area contributed by atoms with E-state index in [1.165, 1.54) is 0 Å². The number of benzene rings is 3. The molecule has 5 aliphatic rings. The number of aryl methyl sites for hydroxylation is 2. The minimum absolute atomic E-state index is 0.00154. The molecule has 5 aliphatic heterocycles. The molecular formula is C38H42FN3O7. The fraction of sp³-hybridized carbons (Fsp3) is 0.474. The third-order valence-corrected chi connectivity index (χ3v) is 10.6. The summed E-state index contributed by atoms with van der Waals surface area (Å²) in [6.07, 6.45) is 1.79. The van der Waals surface area contributed by atoms with E-state index in [4.69, 9.17) is 18.9 Å². The zero-order valence-corrected chi connectivity index (χ0v) is 28.4. The first-order chi connectivity index (χ1) is 23.4. The number of ether oxygens (including phenoxy) is 4. The van der Waals surface area contributed by atoms with Crippen LogP contribution in [0.5, 0.6) is 5.75 Å². The number of halogens is 1. The number of amides is 1. The summed E-state index contributed by atoms with van der Waals surface area (Å²) in [6.45, 7) is 12.1. The number of carboxylic acid groups (broad SMARTS) is 1. The monoisotopic (exact) mass is 671 g/mol. The molecule has 0 saturated carbocycles. The molecule has 1 amide bonds. The summed E-state index contributed by atoms with van der Waals surface area (Å²) in [5.41, 5.74) is 5.40. The molecule has 8 rings (SSSR count). The van der Waals surface area contributed by atoms with Crippen LogP contribution in [0.3, 0.4) is 0 Å². The molecule has 4 fully saturated rings. The van der Waals surface area contributed by atoms with Crippen molar-refractivity contribution in [2.45, 2.75) is 65.0 Å². The first kappa shape index (κ1) is 32.0. The molecule has 1 spiro atoms. The Bertz CT molecular complexity index is 1800. The third kappa shape index (κ3) is 5.52. The van der Waals surface area contributed by atoms with Gasteiger partial charge in [-0.15, -0.1) is 0 Å². The minimum Gasteiger partial charge on any atom is -0.478 e. The Labute approximate surface area is 285 Å². The van der Waals surface area contributed by atoms with Crippen molar-refractivity contribution in [1.29, 1.82) is 0 Å². The van der Waals surface area contributed by atoms with Crippen molar-refractivity contribution in [3.63, 3.8) is 0 Å². The Morgan fingerprint density at radius 2 is 1.61 bits per heavy atom. The van der Waals surface area contributed by atoms with Gasteiger partial charge in [-0.1, -0.05) is 32.0 Å². The predicted octanol–water partition coefficient (Wildman–Crippen LogP) is 5.76. The number of carboxylic acids is 1. The highest BCUT2D eigenvalue weighted by atomic mass is 19.1. The van der Waals surface area contributed by atoms with Gasteiger partial charge in [-0.3, -0.25) is 4.79 Å². The number of carbonyl (C=O) groups is 2. The van der Waals surface area contributed by atoms with Crippen molar-refractivity contribution in [3.8, 4) is 16.9 Å². The number of aromatic carboxylic acids is 1. The Morgan fingerprint density at radius 3 is 2.27 bits per heavy atom. The first-order valence-corrected chi connectivity index (χ1v) is 17.0. The van der Waals surface area contributed by atoms with E-state index in [9.17, 15) is 14.7 Å². The molecule has 258 valence electrons. The highest BCUT2D eigenvalue weighted by Crippen LogP contribution is 2.44. The number of nitrogens with zero attached hydrogens (tertiary/aromatic N) is 3. The van der Waals surface area contributed by atoms with Crippen LogP contribution in [-0.2, 0) is 20.8 Å². The van der Waals surface area contributed by atoms with Gasteiger partial charge in [0.2, 0.25) is 5.79 Å². The molecule has 5 heterocycles. The minimum atomic E-state index is -1.17. The molecule has 10 nitrogen and oxygen atoms in total. The Hall–Kier alpha value is -4.19. The summed E-state index contributed by atoms with van der Waals surface area (Å²) >= 11 is 0. The number of para-hydroxylation sites is 1. The smallest absolute Gasteiger partial charge is 0.337 e. The molecular weight excluding hydrogens is 629 g/mol. The van der Waals surface area contributed by atoms with Crippen LogP contribution in [0.15, 0.2) is 42.5 Å². The highest BCUT2D eigenvalue weighted by Gasteiger charge is 2.50. The number of fused-ring (bicyclic) bond motifs is 3. The summed E-state index contributed by atoms with van der Waals surface area (Å²) in [7, 11) is 0. The number of hydrogen-bond donors (Lipinski definition) is 1. The van der Waals surface area contributed by atoms with Gasteiger partial charge in [-0.05, 0) is 62.1 Å². The van der Waals surface area contributed by atoms with Crippen LogP contribution < -0.4 is 14.5 Å². The molecule has 3 aromatic carbocycles. The van der Waals surface area contributed by atoms with Crippen LogP contribution >= 0.6 is 0 Å². The Kier molecular flexibility index (Phi) is 7.66. The quantitative estimate of drug-likeness (QED) is 0.363. The average Bonchev–Trinajstić information content (AvgIpc) is 3.29. The van der Waals surface area contributed by atoms with Crippen molar-refractivity contribution in [2.75, 3.05) is 56.0 Å². The maximum Gasteiger partial charge on any atom is 0.337 e. The topological polar surface area (TPSA) is 101 Å². The molecule has 11 heteroatoms. The van der Waals surface area contributed by atoms with Gasteiger partial charge >= 0.3 is 5.97 Å². The maximum absolute atomic E-state index is 15.7. The summed E-state index contributed by atoms with van der Waals surface area (Å²) in [5.74, 6) is -2.01. The van der Waals surface area contributed by atoms with Crippen molar-refractivity contribution in [2.24, 2.45) is 5.41 Å². The fourth-order valence-electron chi connectivity index (χ4n) is 8.05. The summed E-state index contributed by atoms with van der Waals surface area (Å²) < 4.78 is 39.9. The summed E-state index contributed by atoms with van der Waals surface area (Å²) in [6, 6.07) is 12.4. The van der Waals surface area contributed by atoms with Gasteiger partial charge in [-0.2, -0.15) is 0 Å². The number of anilines is 2. The van der Waals surface area contributed by atoms with Crippen LogP contribution in [-0.4, -0.2) is 86.0 Å². The van der Waals surface area contributed by atoms with Crippen molar-refractivity contribution in [1.82, 2.24) is 4.90 Å². The van der Waals surface area contributed by atoms with Gasteiger partial charge in [-0.25, -0.2) is 9.18 Å². The molecule has 0 radical (unpaired) electrons. The lowest BCUT2D eigenvalue weighted by molar-refractivity contribution is -0.307. The maximum atomic E-state index is 15.7. The highest BCUT2D eigenvalue weighted by molar-refractivity contribution is 5.98. The van der Waals surface area contributed by atoms with E-state index in [2.05, 4.69) is 23.6 Å². The zero-order chi connectivity index (χ0) is 34.2. The van der Waals surface area contributed by atoms with E-state index in [0.29, 0.717) is 62.1 Å². The summed E-state index contributed by atoms with van der Waals surface area (Å²) in [5, 5.41) is 10.0. The van der Waals surface area contributed by atoms with E-state index in [1.807, 2.05) is 38.1 Å². The SMILES string of the molecule is Cc1cc(N2CC3(C2)OCC(C)(C)CO3)cc(C)c1C(=O)N1COc2c(cccc2-c2cc(N3C4CCC3COC4)c(C(=O)O)cc2F)C1. The van der Waals surface area contributed by atoms with Crippen LogP contribution in [0, 0.1) is 25.1 Å². The van der Waals surface area contributed by atoms with Gasteiger partial charge in [0, 0.05) is 33.4 Å². The molecule has 4 saturated heterocycles. The van der Waals surface area contributed by atoms with E-state index in [1.54, 1.807) is 17.0 Å². The number of morpholine rings is 1. The lowest BCUT2D eigenvalue weighted by Crippen LogP contribution is -2.68. The van der Waals surface area contributed by atoms with Crippen LogP contribution in [0.4, 0.5) is 15.8 Å². The largest absolute Gasteiger partial charge is 0.478 e. The van der Waals surface area contributed by atoms with Crippen LogP contribution in [0.1, 0.15) is 64.1 Å². The molecule has 2 bridgehead atoms. The molecule has 1 N–H and O–H groups in total. The zero-order valence-electron chi connectivity index (χ0n) is 28.4. The van der Waals surface area contributed by atoms with E-state index < -0.39 is 17.6 Å². The normalized spacial score (nSPS) is 23.6. The van der Waals surface area contributed by atoms with Gasteiger partial charge in [0.15, 0.2) is 6.73 Å². The lowest BCUT2D eigenvalue weighted by atomic mass is 9.92. The lowest BCUT2D eigenvalue weighted by Gasteiger charge is -2.54. The second-order valence-electron chi connectivity index (χ2n) is 15.0. The number of carbonyl (C=O) groups excluding carboxylic acids is 1. The van der Waals surface area contributed by atoms with Gasteiger partial charge in [0.05, 0.1) is 69.4 Å². The first-order valence-electron chi connectivity index (χ1n) is 17.0. The predicted molar refractivity (Wildman–Crippen MR) is 181 cm³/mol. The number of hydrogen-bond acceptors (Lipinski definition) is 8. The summed E-state index contributed by atoms with van der Waals surface area (Å²) in [4.78, 5) is 32.2. The van der Waals surface area contributed by atoms with E-state index in [-0.39, 0.29) is 47.8 Å². The van der Waals surface area contributed by atoms with Crippen molar-refractivity contribution in [3.05, 3.63) is 76.1 Å². The van der Waals surface area contributed by atoms with E-state index in [0.717, 1.165) is 41.3 Å². The van der Waals surface area contributed by atoms with Crippen LogP contribution in [0.25, 0.3) is 11.1 Å². The van der Waals surface area contributed by atoms with Crippen molar-refractivity contribution >= 4 is 23.3 Å². The van der Waals surface area contributed by atoms with Crippen molar-refractivity contribution < 1.29 is 38.0 Å². The van der Waals surface area contributed by atoms with Gasteiger partial charge in [0.25, 0.3) is 5.91 Å². The fourth-order valence-corrected chi connectivity index (χ4v) is 8.05. The molecule has 2 atom stereocenters. The second-order valence-corrected chi connectivity index (χ2v) is 15.0. The standard InChI is InChI=1S/C38H42FN3O7/c1-22-10-27(41-17-38(18-41)48-19-37(3,4)20-49-38)11-23(2)33(22)35(43)40-14-24-6-5-7-28(34(24)47-21-40)29-13-32(30(36(44)45)12-31(29)39)42-25-8-9-26(42)16-46-15-25/h5-7,10-13,25-26H,8-9,14-21H2,1-4H3,(H,44,45). The molecule has 2 unspecified atom stereocenters. The Balaban J connectivity index is 1.03. The van der Waals surface area contributed by atoms with Crippen LogP contribution in [0.2, 0.25) is 0 Å². The Morgan fingerprint density at radius 1 is 0.939 bits per heavy atom. The molecule has 49 heavy (non-hydrogen) atoms. The van der Waals surface area contributed by atoms with Gasteiger partial charge < -0.3 is 38.8 Å². The third-order valence-electron chi connectivity index (χ3n) is 10.6. The van der Waals surface area contributed by atoms with Gasteiger partial charge in [0.1, 0.15) is 11.6 Å². The molecule has 3 aromatic rings. The number of rotatable bonds is 5. The van der Waals surface area contributed by atoms with E-state index >= 15 is 4.39 Å². The molecule has 0 aromatic heterocycles.